The fraction of sp³-hybridized carbons (Fsp3) is 0.241. The molecule has 0 radical (unpaired) electrons. The lowest BCUT2D eigenvalue weighted by Gasteiger charge is -2.24. The smallest absolute Gasteiger partial charge is 0.342 e. The number of pyridine rings is 1. The highest BCUT2D eigenvalue weighted by Crippen LogP contribution is 2.26. The highest BCUT2D eigenvalue weighted by Gasteiger charge is 2.25. The monoisotopic (exact) mass is 566 g/mol. The molecule has 1 aromatic carbocycles. The molecular weight excluding hydrogens is 536 g/mol. The van der Waals surface area contributed by atoms with Crippen LogP contribution < -0.4 is 21.1 Å². The number of benzene rings is 1. The number of ether oxygens (including phenoxy) is 1. The van der Waals surface area contributed by atoms with Gasteiger partial charge in [-0.25, -0.2) is 38.8 Å². The van der Waals surface area contributed by atoms with Gasteiger partial charge in [-0.15, -0.1) is 0 Å². The van der Waals surface area contributed by atoms with Gasteiger partial charge >= 0.3 is 5.69 Å². The van der Waals surface area contributed by atoms with E-state index in [2.05, 4.69) is 36.9 Å². The average molecular weight is 567 g/mol. The number of hydrogen-bond donors (Lipinski definition) is 2. The molecule has 1 atom stereocenters. The summed E-state index contributed by atoms with van der Waals surface area (Å²) < 4.78 is 8.36. The molecule has 5 aromatic rings. The van der Waals surface area contributed by atoms with E-state index in [9.17, 15) is 9.90 Å². The number of imidazole rings is 1. The first-order chi connectivity index (χ1) is 20.4. The van der Waals surface area contributed by atoms with Crippen LogP contribution in [0.3, 0.4) is 0 Å². The van der Waals surface area contributed by atoms with Gasteiger partial charge in [0.2, 0.25) is 11.8 Å². The summed E-state index contributed by atoms with van der Waals surface area (Å²) in [6, 6.07) is 13.2. The highest BCUT2D eigenvalue weighted by atomic mass is 16.5. The average Bonchev–Trinajstić information content (AvgIpc) is 3.81. The topological polar surface area (TPSA) is 153 Å². The number of aliphatic hydroxyl groups excluding tert-OH is 1. The third-order valence-corrected chi connectivity index (χ3v) is 7.09. The molecule has 6 rings (SSSR count). The van der Waals surface area contributed by atoms with E-state index in [1.807, 2.05) is 12.1 Å². The first-order valence-corrected chi connectivity index (χ1v) is 13.4. The predicted octanol–water partition coefficient (Wildman–Crippen LogP) is 2.54. The Balaban J connectivity index is 1.32. The first kappa shape index (κ1) is 27.1. The van der Waals surface area contributed by atoms with Crippen molar-refractivity contribution < 1.29 is 9.84 Å². The summed E-state index contributed by atoms with van der Waals surface area (Å²) in [7, 11) is 3.87. The van der Waals surface area contributed by atoms with Crippen LogP contribution in [0.5, 0.6) is 11.6 Å². The molecule has 0 bridgehead atoms. The largest absolute Gasteiger partial charge is 0.436 e. The number of nitrogens with two attached hydrogens (primary N) is 1. The molecule has 4 aromatic heterocycles. The number of aromatic nitrogens is 7. The molecule has 1 saturated carbocycles. The van der Waals surface area contributed by atoms with E-state index >= 15 is 0 Å². The maximum Gasteiger partial charge on any atom is 0.342 e. The summed E-state index contributed by atoms with van der Waals surface area (Å²) in [6.07, 6.45) is 11.1. The molecule has 42 heavy (non-hydrogen) atoms. The van der Waals surface area contributed by atoms with E-state index in [4.69, 9.17) is 10.5 Å². The lowest BCUT2D eigenvalue weighted by atomic mass is 10.2. The number of likely N-dealkylation sites (N-methyl/N-ethyl adjacent to an activating group) is 2. The Morgan fingerprint density at radius 1 is 1.07 bits per heavy atom. The van der Waals surface area contributed by atoms with Gasteiger partial charge in [-0.3, -0.25) is 4.90 Å². The van der Waals surface area contributed by atoms with Crippen LogP contribution >= 0.6 is 0 Å². The van der Waals surface area contributed by atoms with Crippen LogP contribution in [0.25, 0.3) is 22.8 Å². The summed E-state index contributed by atoms with van der Waals surface area (Å²) in [5, 5.41) is 10.8. The summed E-state index contributed by atoms with van der Waals surface area (Å²) in [5.41, 5.74) is 7.51. The molecule has 1 fully saturated rings. The summed E-state index contributed by atoms with van der Waals surface area (Å²) in [5.74, 6) is 0.902. The number of rotatable bonds is 10. The van der Waals surface area contributed by atoms with E-state index in [-0.39, 0.29) is 22.9 Å². The Labute approximate surface area is 241 Å². The molecule has 1 aliphatic carbocycles. The molecule has 0 aliphatic heterocycles. The fourth-order valence-electron chi connectivity index (χ4n) is 4.62. The van der Waals surface area contributed by atoms with Crippen molar-refractivity contribution in [2.45, 2.75) is 25.1 Å². The molecule has 0 amide bonds. The van der Waals surface area contributed by atoms with Crippen molar-refractivity contribution >= 4 is 22.7 Å². The number of anilines is 2. The van der Waals surface area contributed by atoms with E-state index in [0.717, 1.165) is 6.54 Å². The third-order valence-electron chi connectivity index (χ3n) is 7.09. The van der Waals surface area contributed by atoms with Gasteiger partial charge in [-0.2, -0.15) is 0 Å². The number of aliphatic hydroxyl groups is 1. The van der Waals surface area contributed by atoms with Crippen molar-refractivity contribution in [3.63, 3.8) is 0 Å². The molecule has 0 spiro atoms. The second kappa shape index (κ2) is 11.4. The van der Waals surface area contributed by atoms with Crippen LogP contribution in [0.15, 0.2) is 84.3 Å². The van der Waals surface area contributed by atoms with Crippen molar-refractivity contribution in [1.82, 2.24) is 39.0 Å². The summed E-state index contributed by atoms with van der Waals surface area (Å²) >= 11 is 0. The molecule has 1 unspecified atom stereocenters. The number of fused-ring (bicyclic) bond motifs is 1. The molecular formula is C29H30N10O3. The molecule has 13 heteroatoms. The van der Waals surface area contributed by atoms with E-state index in [0.29, 0.717) is 29.0 Å². The zero-order valence-corrected chi connectivity index (χ0v) is 23.1. The Kier molecular flexibility index (Phi) is 7.33. The first-order valence-electron chi connectivity index (χ1n) is 13.4. The van der Waals surface area contributed by atoms with Gasteiger partial charge in [-0.1, -0.05) is 18.2 Å². The van der Waals surface area contributed by atoms with Crippen molar-refractivity contribution in [3.8, 4) is 23.3 Å². The van der Waals surface area contributed by atoms with Gasteiger partial charge in [0.25, 0.3) is 0 Å². The Hall–Kier alpha value is -5.14. The zero-order valence-electron chi connectivity index (χ0n) is 23.1. The molecule has 3 N–H and O–H groups in total. The minimum absolute atomic E-state index is 0.0728. The minimum Gasteiger partial charge on any atom is -0.436 e. The maximum atomic E-state index is 13.9. The number of hydrogen-bond acceptors (Lipinski definition) is 11. The fourth-order valence-corrected chi connectivity index (χ4v) is 4.62. The Morgan fingerprint density at radius 3 is 2.62 bits per heavy atom. The lowest BCUT2D eigenvalue weighted by molar-refractivity contribution is 0.222. The quantitative estimate of drug-likeness (QED) is 0.189. The van der Waals surface area contributed by atoms with Gasteiger partial charge in [0.05, 0.1) is 18.1 Å². The number of nitrogen functional groups attached to an aromatic ring is 1. The standard InChI is InChI=1S/C29H30N10O3/c1-36(19-11-12-19)14-6-10-24(40)37(2)20-7-5-8-21(15-20)38-27-25(26(30)34-18-35-27)39(29(38)41)28-32-16-22(17-33-28)42-23-9-3-4-13-31-23/h3-10,13,15-19,24,40H,11-12,14H2,1-2H3,(H2,30,34,35)/b10-6+. The summed E-state index contributed by atoms with van der Waals surface area (Å²) in [6.45, 7) is 0.768. The van der Waals surface area contributed by atoms with Gasteiger partial charge in [0, 0.05) is 37.6 Å². The van der Waals surface area contributed by atoms with Crippen molar-refractivity contribution in [2.75, 3.05) is 31.3 Å². The maximum absolute atomic E-state index is 13.9. The van der Waals surface area contributed by atoms with Crippen LogP contribution in [0.2, 0.25) is 0 Å². The van der Waals surface area contributed by atoms with Crippen molar-refractivity contribution in [1.29, 1.82) is 0 Å². The van der Waals surface area contributed by atoms with Gasteiger partial charge in [0.1, 0.15) is 18.1 Å². The SMILES string of the molecule is CN(C/C=C/C(O)N(C)c1cccc(-n2c(=O)n(-c3ncc(Oc4ccccn4)cn3)c3c(N)ncnc32)c1)C1CC1. The third kappa shape index (κ3) is 5.42. The van der Waals surface area contributed by atoms with Crippen LogP contribution in [-0.4, -0.2) is 77.0 Å². The lowest BCUT2D eigenvalue weighted by Crippen LogP contribution is -2.30. The van der Waals surface area contributed by atoms with E-state index < -0.39 is 11.9 Å². The van der Waals surface area contributed by atoms with Crippen LogP contribution in [0.4, 0.5) is 11.5 Å². The van der Waals surface area contributed by atoms with Crippen LogP contribution in [0.1, 0.15) is 12.8 Å². The molecule has 13 nitrogen and oxygen atoms in total. The summed E-state index contributed by atoms with van der Waals surface area (Å²) in [4.78, 5) is 39.2. The van der Waals surface area contributed by atoms with Crippen LogP contribution in [0, 0.1) is 0 Å². The van der Waals surface area contributed by atoms with Gasteiger partial charge < -0.3 is 20.5 Å². The van der Waals surface area contributed by atoms with E-state index in [1.165, 1.54) is 40.7 Å². The molecule has 214 valence electrons. The van der Waals surface area contributed by atoms with Crippen molar-refractivity contribution in [2.24, 2.45) is 0 Å². The Morgan fingerprint density at radius 2 is 1.88 bits per heavy atom. The Bertz CT molecular complexity index is 1780. The second-order valence-electron chi connectivity index (χ2n) is 10.0. The highest BCUT2D eigenvalue weighted by molar-refractivity contribution is 5.85. The van der Waals surface area contributed by atoms with Gasteiger partial charge in [0.15, 0.2) is 17.2 Å². The zero-order chi connectivity index (χ0) is 29.2. The normalized spacial score (nSPS) is 14.1. The minimum atomic E-state index is -0.857. The number of nitrogens with zero attached hydrogens (tertiary/aromatic N) is 9. The molecule has 0 saturated heterocycles. The second-order valence-corrected chi connectivity index (χ2v) is 10.0. The predicted molar refractivity (Wildman–Crippen MR) is 158 cm³/mol. The molecule has 4 heterocycles. The van der Waals surface area contributed by atoms with Gasteiger partial charge in [-0.05, 0) is 50.2 Å². The molecule has 1 aliphatic rings. The van der Waals surface area contributed by atoms with Crippen molar-refractivity contribution in [3.05, 3.63) is 90.0 Å². The van der Waals surface area contributed by atoms with Crippen LogP contribution in [-0.2, 0) is 0 Å². The van der Waals surface area contributed by atoms with E-state index in [1.54, 1.807) is 60.6 Å².